The number of anilines is 1. The summed E-state index contributed by atoms with van der Waals surface area (Å²) in [5.41, 5.74) is 1.88. The van der Waals surface area contributed by atoms with Gasteiger partial charge in [-0.25, -0.2) is 12.7 Å². The minimum absolute atomic E-state index is 0.0686. The number of para-hydroxylation sites is 1. The van der Waals surface area contributed by atoms with E-state index in [4.69, 9.17) is 11.6 Å². The predicted molar refractivity (Wildman–Crippen MR) is 124 cm³/mol. The fourth-order valence-electron chi connectivity index (χ4n) is 4.36. The first-order chi connectivity index (χ1) is 14.9. The fourth-order valence-corrected chi connectivity index (χ4v) is 6.10. The second-order valence-electron chi connectivity index (χ2n) is 8.23. The molecule has 31 heavy (non-hydrogen) atoms. The van der Waals surface area contributed by atoms with Crippen molar-refractivity contribution in [2.45, 2.75) is 18.6 Å². The van der Waals surface area contributed by atoms with E-state index < -0.39 is 10.0 Å². The van der Waals surface area contributed by atoms with Crippen molar-refractivity contribution in [3.8, 4) is 0 Å². The second kappa shape index (κ2) is 9.59. The van der Waals surface area contributed by atoms with Crippen LogP contribution in [0.2, 0.25) is 5.02 Å². The van der Waals surface area contributed by atoms with Gasteiger partial charge in [0.05, 0.1) is 11.7 Å². The van der Waals surface area contributed by atoms with Crippen LogP contribution in [-0.2, 0) is 20.6 Å². The first-order valence-corrected chi connectivity index (χ1v) is 12.7. The number of carbonyl (C=O) groups excluding carboxylic acids is 1. The molecule has 166 valence electrons. The van der Waals surface area contributed by atoms with Crippen molar-refractivity contribution in [1.82, 2.24) is 9.21 Å². The van der Waals surface area contributed by atoms with E-state index in [0.29, 0.717) is 36.6 Å². The maximum atomic E-state index is 13.1. The monoisotopic (exact) mass is 461 g/mol. The molecule has 0 aliphatic carbocycles. The van der Waals surface area contributed by atoms with Gasteiger partial charge in [-0.15, -0.1) is 0 Å². The Labute approximate surface area is 189 Å². The summed E-state index contributed by atoms with van der Waals surface area (Å²) in [4.78, 5) is 17.3. The minimum Gasteiger partial charge on any atom is -0.368 e. The SMILES string of the molecule is O=C(C1CCCN(S(=O)(=O)Cc2ccc(Cl)cc2)C1)N1CCN(c2ccccc2)CC1. The Hall–Kier alpha value is -2.09. The van der Waals surface area contributed by atoms with E-state index >= 15 is 0 Å². The molecule has 0 saturated carbocycles. The summed E-state index contributed by atoms with van der Waals surface area (Å²) in [5.74, 6) is -0.253. The van der Waals surface area contributed by atoms with Crippen molar-refractivity contribution in [3.63, 3.8) is 0 Å². The number of benzene rings is 2. The molecule has 0 aromatic heterocycles. The predicted octanol–water partition coefficient (Wildman–Crippen LogP) is 3.23. The second-order valence-corrected chi connectivity index (χ2v) is 10.6. The van der Waals surface area contributed by atoms with Gasteiger partial charge in [0.25, 0.3) is 0 Å². The highest BCUT2D eigenvalue weighted by molar-refractivity contribution is 7.88. The number of halogens is 1. The Morgan fingerprint density at radius 2 is 1.61 bits per heavy atom. The van der Waals surface area contributed by atoms with Crippen molar-refractivity contribution < 1.29 is 13.2 Å². The minimum atomic E-state index is -3.48. The average molecular weight is 462 g/mol. The summed E-state index contributed by atoms with van der Waals surface area (Å²) in [7, 11) is -3.48. The molecule has 8 heteroatoms. The average Bonchev–Trinajstić information content (AvgIpc) is 2.81. The zero-order valence-corrected chi connectivity index (χ0v) is 19.1. The Morgan fingerprint density at radius 1 is 0.935 bits per heavy atom. The summed E-state index contributed by atoms with van der Waals surface area (Å²) in [6, 6.07) is 17.1. The number of piperazine rings is 1. The summed E-state index contributed by atoms with van der Waals surface area (Å²) in [6.45, 7) is 3.67. The number of piperidine rings is 1. The topological polar surface area (TPSA) is 60.9 Å². The van der Waals surface area contributed by atoms with E-state index in [-0.39, 0.29) is 24.1 Å². The summed E-state index contributed by atoms with van der Waals surface area (Å²) in [5, 5.41) is 0.581. The van der Waals surface area contributed by atoms with Crippen LogP contribution in [0.3, 0.4) is 0 Å². The van der Waals surface area contributed by atoms with Gasteiger partial charge < -0.3 is 9.80 Å². The molecule has 6 nitrogen and oxygen atoms in total. The molecule has 2 aliphatic heterocycles. The van der Waals surface area contributed by atoms with Crippen molar-refractivity contribution in [3.05, 3.63) is 65.2 Å². The van der Waals surface area contributed by atoms with Crippen LogP contribution < -0.4 is 4.90 Å². The van der Waals surface area contributed by atoms with Gasteiger partial charge in [0.15, 0.2) is 0 Å². The summed E-state index contributed by atoms with van der Waals surface area (Å²) in [6.07, 6.45) is 1.45. The van der Waals surface area contributed by atoms with E-state index in [1.807, 2.05) is 23.1 Å². The van der Waals surface area contributed by atoms with Crippen molar-refractivity contribution in [2.75, 3.05) is 44.2 Å². The molecule has 0 N–H and O–H groups in total. The zero-order chi connectivity index (χ0) is 21.8. The van der Waals surface area contributed by atoms with Crippen LogP contribution in [0.15, 0.2) is 54.6 Å². The van der Waals surface area contributed by atoms with E-state index in [0.717, 1.165) is 19.5 Å². The Bertz CT molecular complexity index is 990. The standard InChI is InChI=1S/C23H28ClN3O3S/c24-21-10-8-19(9-11-21)18-31(29,30)27-12-4-5-20(17-27)23(28)26-15-13-25(14-16-26)22-6-2-1-3-7-22/h1-3,6-11,20H,4-5,12-18H2. The van der Waals surface area contributed by atoms with Gasteiger partial charge in [-0.1, -0.05) is 41.9 Å². The Kier molecular flexibility index (Phi) is 6.84. The van der Waals surface area contributed by atoms with Crippen molar-refractivity contribution in [1.29, 1.82) is 0 Å². The number of hydrogen-bond acceptors (Lipinski definition) is 4. The number of hydrogen-bond donors (Lipinski definition) is 0. The molecule has 1 unspecified atom stereocenters. The quantitative estimate of drug-likeness (QED) is 0.685. The normalized spacial score (nSPS) is 20.6. The molecule has 0 radical (unpaired) electrons. The fraction of sp³-hybridized carbons (Fsp3) is 0.435. The third kappa shape index (κ3) is 5.40. The molecule has 2 aromatic carbocycles. The van der Waals surface area contributed by atoms with Gasteiger partial charge in [-0.3, -0.25) is 4.79 Å². The molecule has 1 atom stereocenters. The highest BCUT2D eigenvalue weighted by Gasteiger charge is 2.35. The van der Waals surface area contributed by atoms with Crippen LogP contribution >= 0.6 is 11.6 Å². The first kappa shape index (κ1) is 22.1. The van der Waals surface area contributed by atoms with Crippen LogP contribution in [-0.4, -0.2) is 62.8 Å². The molecular weight excluding hydrogens is 434 g/mol. The van der Waals surface area contributed by atoms with Gasteiger partial charge in [0.1, 0.15) is 0 Å². The Balaban J connectivity index is 1.35. The lowest BCUT2D eigenvalue weighted by Gasteiger charge is -2.39. The lowest BCUT2D eigenvalue weighted by molar-refractivity contribution is -0.137. The summed E-state index contributed by atoms with van der Waals surface area (Å²) < 4.78 is 27.4. The van der Waals surface area contributed by atoms with Crippen LogP contribution in [0.4, 0.5) is 5.69 Å². The summed E-state index contributed by atoms with van der Waals surface area (Å²) >= 11 is 5.90. The van der Waals surface area contributed by atoms with Crippen LogP contribution in [0.25, 0.3) is 0 Å². The van der Waals surface area contributed by atoms with Gasteiger partial charge in [0.2, 0.25) is 15.9 Å². The third-order valence-corrected chi connectivity index (χ3v) is 8.17. The molecule has 2 heterocycles. The molecule has 4 rings (SSSR count). The molecule has 0 bridgehead atoms. The molecular formula is C23H28ClN3O3S. The maximum absolute atomic E-state index is 13.1. The van der Waals surface area contributed by atoms with Crippen molar-refractivity contribution >= 4 is 33.2 Å². The Morgan fingerprint density at radius 3 is 2.29 bits per heavy atom. The number of amides is 1. The lowest BCUT2D eigenvalue weighted by Crippen LogP contribution is -2.53. The molecule has 2 saturated heterocycles. The van der Waals surface area contributed by atoms with Gasteiger partial charge in [-0.2, -0.15) is 0 Å². The smallest absolute Gasteiger partial charge is 0.227 e. The van der Waals surface area contributed by atoms with E-state index in [2.05, 4.69) is 17.0 Å². The van der Waals surface area contributed by atoms with Gasteiger partial charge in [0, 0.05) is 50.0 Å². The molecule has 2 fully saturated rings. The molecule has 2 aromatic rings. The first-order valence-electron chi connectivity index (χ1n) is 10.7. The largest absolute Gasteiger partial charge is 0.368 e. The maximum Gasteiger partial charge on any atom is 0.227 e. The zero-order valence-electron chi connectivity index (χ0n) is 17.5. The third-order valence-electron chi connectivity index (χ3n) is 6.10. The number of nitrogens with zero attached hydrogens (tertiary/aromatic N) is 3. The van der Waals surface area contributed by atoms with E-state index in [1.165, 1.54) is 9.99 Å². The van der Waals surface area contributed by atoms with Crippen LogP contribution in [0, 0.1) is 5.92 Å². The van der Waals surface area contributed by atoms with Gasteiger partial charge in [-0.05, 0) is 42.7 Å². The highest BCUT2D eigenvalue weighted by Crippen LogP contribution is 2.25. The highest BCUT2D eigenvalue weighted by atomic mass is 35.5. The van der Waals surface area contributed by atoms with E-state index in [9.17, 15) is 13.2 Å². The lowest BCUT2D eigenvalue weighted by atomic mass is 9.97. The van der Waals surface area contributed by atoms with Crippen LogP contribution in [0.1, 0.15) is 18.4 Å². The van der Waals surface area contributed by atoms with Gasteiger partial charge >= 0.3 is 0 Å². The molecule has 1 amide bonds. The number of sulfonamides is 1. The number of rotatable bonds is 5. The molecule has 0 spiro atoms. The van der Waals surface area contributed by atoms with Crippen LogP contribution in [0.5, 0.6) is 0 Å². The molecule has 2 aliphatic rings. The van der Waals surface area contributed by atoms with E-state index in [1.54, 1.807) is 24.3 Å². The number of carbonyl (C=O) groups is 1. The van der Waals surface area contributed by atoms with Crippen molar-refractivity contribution in [2.24, 2.45) is 5.92 Å².